The second-order valence-electron chi connectivity index (χ2n) is 7.55. The van der Waals surface area contributed by atoms with Gasteiger partial charge < -0.3 is 4.57 Å². The molecule has 0 aliphatic heterocycles. The number of benzene rings is 1. The van der Waals surface area contributed by atoms with Crippen LogP contribution in [0.2, 0.25) is 0 Å². The van der Waals surface area contributed by atoms with Gasteiger partial charge in [-0.2, -0.15) is 10.2 Å². The van der Waals surface area contributed by atoms with E-state index in [9.17, 15) is 9.59 Å². The van der Waals surface area contributed by atoms with Gasteiger partial charge in [0.05, 0.1) is 11.6 Å². The van der Waals surface area contributed by atoms with Crippen LogP contribution in [0.1, 0.15) is 48.2 Å². The maximum Gasteiger partial charge on any atom is 0.292 e. The van der Waals surface area contributed by atoms with Crippen molar-refractivity contribution in [2.75, 3.05) is 0 Å². The van der Waals surface area contributed by atoms with Gasteiger partial charge >= 0.3 is 0 Å². The highest BCUT2D eigenvalue weighted by Gasteiger charge is 2.16. The summed E-state index contributed by atoms with van der Waals surface area (Å²) in [6.45, 7) is 11.6. The summed E-state index contributed by atoms with van der Waals surface area (Å²) in [6.07, 6.45) is 1.65. The van der Waals surface area contributed by atoms with E-state index in [2.05, 4.69) is 47.0 Å². The molecule has 2 aromatic heterocycles. The predicted molar refractivity (Wildman–Crippen MR) is 115 cm³/mol. The lowest BCUT2D eigenvalue weighted by molar-refractivity contribution is 0.0949. The van der Waals surface area contributed by atoms with Gasteiger partial charge in [0.1, 0.15) is 0 Å². The van der Waals surface area contributed by atoms with Gasteiger partial charge in [-0.1, -0.05) is 32.0 Å². The average molecular weight is 393 g/mol. The molecular weight excluding hydrogens is 366 g/mol. The van der Waals surface area contributed by atoms with Crippen LogP contribution in [-0.2, 0) is 13.1 Å². The van der Waals surface area contributed by atoms with E-state index in [0.717, 1.165) is 23.5 Å². The molecule has 0 radical (unpaired) electrons. The zero-order valence-corrected chi connectivity index (χ0v) is 17.6. The second kappa shape index (κ2) is 8.43. The van der Waals surface area contributed by atoms with Gasteiger partial charge in [0.25, 0.3) is 11.5 Å². The van der Waals surface area contributed by atoms with Crippen LogP contribution < -0.4 is 11.0 Å². The minimum Gasteiger partial charge on any atom is -0.348 e. The van der Waals surface area contributed by atoms with Gasteiger partial charge in [-0.25, -0.2) is 10.1 Å². The topological polar surface area (TPSA) is 81.3 Å². The number of carbonyl (C=O) groups excluding carboxylic acids is 1. The van der Waals surface area contributed by atoms with Gasteiger partial charge in [-0.15, -0.1) is 0 Å². The van der Waals surface area contributed by atoms with E-state index in [-0.39, 0.29) is 11.3 Å². The van der Waals surface area contributed by atoms with Crippen molar-refractivity contribution >= 4 is 22.9 Å². The summed E-state index contributed by atoms with van der Waals surface area (Å²) in [4.78, 5) is 25.1. The van der Waals surface area contributed by atoms with Crippen molar-refractivity contribution in [3.05, 3.63) is 63.3 Å². The van der Waals surface area contributed by atoms with Crippen molar-refractivity contribution in [1.29, 1.82) is 0 Å². The van der Waals surface area contributed by atoms with Gasteiger partial charge in [0.15, 0.2) is 5.69 Å². The number of hydrazone groups is 1. The molecule has 0 unspecified atom stereocenters. The Bertz CT molecular complexity index is 1140. The summed E-state index contributed by atoms with van der Waals surface area (Å²) >= 11 is 0. The Balaban J connectivity index is 1.87. The Morgan fingerprint density at radius 3 is 2.59 bits per heavy atom. The molecule has 0 saturated heterocycles. The van der Waals surface area contributed by atoms with Crippen LogP contribution in [0.5, 0.6) is 0 Å². The Morgan fingerprint density at radius 1 is 1.24 bits per heavy atom. The van der Waals surface area contributed by atoms with E-state index in [4.69, 9.17) is 0 Å². The highest BCUT2D eigenvalue weighted by atomic mass is 16.2. The Labute approximate surface area is 170 Å². The van der Waals surface area contributed by atoms with Crippen molar-refractivity contribution in [3.63, 3.8) is 0 Å². The van der Waals surface area contributed by atoms with Gasteiger partial charge in [0.2, 0.25) is 0 Å². The number of nitrogens with one attached hydrogen (secondary N) is 1. The zero-order valence-electron chi connectivity index (χ0n) is 17.6. The van der Waals surface area contributed by atoms with Crippen molar-refractivity contribution in [2.45, 2.75) is 47.7 Å². The van der Waals surface area contributed by atoms with Gasteiger partial charge in [-0.05, 0) is 38.8 Å². The molecule has 29 heavy (non-hydrogen) atoms. The summed E-state index contributed by atoms with van der Waals surface area (Å²) in [7, 11) is 0. The summed E-state index contributed by atoms with van der Waals surface area (Å²) in [6, 6.07) is 9.04. The third kappa shape index (κ3) is 4.13. The van der Waals surface area contributed by atoms with Crippen LogP contribution in [-0.4, -0.2) is 26.5 Å². The second-order valence-corrected chi connectivity index (χ2v) is 7.55. The maximum atomic E-state index is 12.7. The first-order chi connectivity index (χ1) is 13.8. The van der Waals surface area contributed by atoms with Crippen LogP contribution >= 0.6 is 0 Å². The number of nitrogens with zero attached hydrogens (tertiary/aromatic N) is 4. The van der Waals surface area contributed by atoms with Crippen LogP contribution in [0.25, 0.3) is 10.8 Å². The molecule has 0 aliphatic rings. The fourth-order valence-electron chi connectivity index (χ4n) is 3.44. The SMILES string of the molecule is CCn1nc(C(=O)N/N=C/c2cc(C)n(CC(C)C)c2C)c2ccccc2c1=O. The highest BCUT2D eigenvalue weighted by molar-refractivity contribution is 6.05. The Morgan fingerprint density at radius 2 is 1.93 bits per heavy atom. The smallest absolute Gasteiger partial charge is 0.292 e. The van der Waals surface area contributed by atoms with Crippen molar-refractivity contribution in [2.24, 2.45) is 11.0 Å². The van der Waals surface area contributed by atoms with Crippen LogP contribution in [0, 0.1) is 19.8 Å². The van der Waals surface area contributed by atoms with E-state index in [1.54, 1.807) is 30.5 Å². The molecule has 3 rings (SSSR count). The first-order valence-corrected chi connectivity index (χ1v) is 9.83. The average Bonchev–Trinajstić information content (AvgIpc) is 2.95. The summed E-state index contributed by atoms with van der Waals surface area (Å²) in [5, 5.41) is 9.35. The van der Waals surface area contributed by atoms with Crippen molar-refractivity contribution < 1.29 is 4.79 Å². The summed E-state index contributed by atoms with van der Waals surface area (Å²) in [5.74, 6) is 0.0912. The largest absolute Gasteiger partial charge is 0.348 e. The summed E-state index contributed by atoms with van der Waals surface area (Å²) in [5.41, 5.74) is 5.75. The number of hydrogen-bond acceptors (Lipinski definition) is 4. The number of rotatable bonds is 6. The molecule has 1 amide bonds. The van der Waals surface area contributed by atoms with Gasteiger partial charge in [0, 0.05) is 35.4 Å². The molecular formula is C22H27N5O2. The summed E-state index contributed by atoms with van der Waals surface area (Å²) < 4.78 is 3.54. The zero-order chi connectivity index (χ0) is 21.1. The predicted octanol–water partition coefficient (Wildman–Crippen LogP) is 3.25. The molecule has 0 fully saturated rings. The first kappa shape index (κ1) is 20.5. The van der Waals surface area contributed by atoms with E-state index >= 15 is 0 Å². The number of aromatic nitrogens is 3. The molecule has 1 aromatic carbocycles. The minimum absolute atomic E-state index is 0.185. The maximum absolute atomic E-state index is 12.7. The normalized spacial score (nSPS) is 11.7. The highest BCUT2D eigenvalue weighted by Crippen LogP contribution is 2.16. The number of fused-ring (bicyclic) bond motifs is 1. The molecule has 0 bridgehead atoms. The van der Waals surface area contributed by atoms with E-state index in [1.807, 2.05) is 13.8 Å². The van der Waals surface area contributed by atoms with Crippen LogP contribution in [0.15, 0.2) is 40.2 Å². The molecule has 152 valence electrons. The first-order valence-electron chi connectivity index (χ1n) is 9.83. The van der Waals surface area contributed by atoms with E-state index in [1.165, 1.54) is 4.68 Å². The van der Waals surface area contributed by atoms with Crippen molar-refractivity contribution in [3.8, 4) is 0 Å². The molecule has 0 spiro atoms. The molecule has 2 heterocycles. The van der Waals surface area contributed by atoms with Gasteiger partial charge in [-0.3, -0.25) is 9.59 Å². The number of aryl methyl sites for hydroxylation is 2. The number of hydrogen-bond donors (Lipinski definition) is 1. The lowest BCUT2D eigenvalue weighted by Crippen LogP contribution is -2.28. The number of amides is 1. The van der Waals surface area contributed by atoms with Crippen molar-refractivity contribution in [1.82, 2.24) is 19.8 Å². The number of carbonyl (C=O) groups is 1. The van der Waals surface area contributed by atoms with E-state index < -0.39 is 5.91 Å². The lowest BCUT2D eigenvalue weighted by atomic mass is 10.1. The monoisotopic (exact) mass is 393 g/mol. The molecule has 0 aliphatic carbocycles. The standard InChI is InChI=1S/C22H27N5O2/c1-6-27-22(29)19-10-8-7-9-18(19)20(25-27)21(28)24-23-12-17-11-15(4)26(16(17)5)13-14(2)3/h7-12,14H,6,13H2,1-5H3,(H,24,28)/b23-12+. The van der Waals surface area contributed by atoms with Crippen LogP contribution in [0.4, 0.5) is 0 Å². The molecule has 3 aromatic rings. The molecule has 0 saturated carbocycles. The molecule has 1 N–H and O–H groups in total. The lowest BCUT2D eigenvalue weighted by Gasteiger charge is -2.11. The fraction of sp³-hybridized carbons (Fsp3) is 0.364. The van der Waals surface area contributed by atoms with Crippen LogP contribution in [0.3, 0.4) is 0 Å². The Kier molecular flexibility index (Phi) is 5.96. The van der Waals surface area contributed by atoms with E-state index in [0.29, 0.717) is 23.2 Å². The molecule has 7 nitrogen and oxygen atoms in total. The minimum atomic E-state index is -0.448. The fourth-order valence-corrected chi connectivity index (χ4v) is 3.44. The third-order valence-electron chi connectivity index (χ3n) is 4.91. The third-order valence-corrected chi connectivity index (χ3v) is 4.91. The molecule has 0 atom stereocenters. The molecule has 7 heteroatoms. The Hall–Kier alpha value is -3.22. The quantitative estimate of drug-likeness (QED) is 0.516.